The van der Waals surface area contributed by atoms with Crippen LogP contribution in [0.3, 0.4) is 0 Å². The Balaban J connectivity index is 2.02. The summed E-state index contributed by atoms with van der Waals surface area (Å²) in [5, 5.41) is 15.1. The fourth-order valence-electron chi connectivity index (χ4n) is 3.59. The smallest absolute Gasteiger partial charge is 0.280 e. The number of rotatable bonds is 3. The summed E-state index contributed by atoms with van der Waals surface area (Å²) in [6, 6.07) is 5.57. The molecular formula is C20H20FN5O4. The number of halogens is 1. The van der Waals surface area contributed by atoms with E-state index in [1.807, 2.05) is 0 Å². The van der Waals surface area contributed by atoms with Crippen LogP contribution in [0.5, 0.6) is 5.75 Å². The van der Waals surface area contributed by atoms with Crippen LogP contribution in [-0.4, -0.2) is 56.8 Å². The number of carbonyl (C=O) groups is 2. The Labute approximate surface area is 170 Å². The average Bonchev–Trinajstić information content (AvgIpc) is 3.01. The third kappa shape index (κ3) is 2.92. The van der Waals surface area contributed by atoms with Crippen molar-refractivity contribution in [1.82, 2.24) is 19.2 Å². The molecule has 0 saturated heterocycles. The first-order valence-electron chi connectivity index (χ1n) is 9.31. The molecule has 0 atom stereocenters. The average molecular weight is 413 g/mol. The lowest BCUT2D eigenvalue weighted by atomic mass is 10.2. The fraction of sp³-hybridized carbons (Fsp3) is 0.300. The highest BCUT2D eigenvalue weighted by atomic mass is 19.1. The Bertz CT molecular complexity index is 1250. The van der Waals surface area contributed by atoms with Crippen LogP contribution < -0.4 is 10.5 Å². The second-order valence-corrected chi connectivity index (χ2v) is 7.29. The van der Waals surface area contributed by atoms with E-state index in [2.05, 4.69) is 5.10 Å². The summed E-state index contributed by atoms with van der Waals surface area (Å²) in [5.41, 5.74) is 0.239. The molecule has 9 nitrogen and oxygen atoms in total. The van der Waals surface area contributed by atoms with Crippen molar-refractivity contribution in [1.29, 1.82) is 0 Å². The van der Waals surface area contributed by atoms with Gasteiger partial charge in [0, 0.05) is 34.1 Å². The van der Waals surface area contributed by atoms with Crippen molar-refractivity contribution in [3.05, 3.63) is 51.7 Å². The Hall–Kier alpha value is -3.69. The molecule has 1 aliphatic rings. The van der Waals surface area contributed by atoms with Gasteiger partial charge in [-0.15, -0.1) is 5.10 Å². The molecule has 2 amide bonds. The van der Waals surface area contributed by atoms with E-state index in [4.69, 9.17) is 0 Å². The third-order valence-corrected chi connectivity index (χ3v) is 5.36. The minimum absolute atomic E-state index is 0.00159. The molecule has 1 aromatic carbocycles. The first-order chi connectivity index (χ1) is 14.2. The second kappa shape index (κ2) is 6.97. The monoisotopic (exact) mass is 413 g/mol. The lowest BCUT2D eigenvalue weighted by Crippen LogP contribution is -2.37. The SMILES string of the molecule is CC(=O)N(C)c1nn(Cc2ccc(F)cc2)c(=O)c2c(O)c3n(c12)CCN(C)C3=O. The number of hydrogen-bond donors (Lipinski definition) is 1. The highest BCUT2D eigenvalue weighted by molar-refractivity contribution is 6.08. The molecule has 156 valence electrons. The summed E-state index contributed by atoms with van der Waals surface area (Å²) in [4.78, 5) is 40.6. The van der Waals surface area contributed by atoms with E-state index in [0.29, 0.717) is 18.7 Å². The van der Waals surface area contributed by atoms with Crippen molar-refractivity contribution in [2.24, 2.45) is 0 Å². The molecule has 0 fully saturated rings. The van der Waals surface area contributed by atoms with Crippen molar-refractivity contribution in [3.63, 3.8) is 0 Å². The number of nitrogens with zero attached hydrogens (tertiary/aromatic N) is 5. The van der Waals surface area contributed by atoms with Crippen molar-refractivity contribution in [3.8, 4) is 5.75 Å². The Morgan fingerprint density at radius 1 is 1.23 bits per heavy atom. The van der Waals surface area contributed by atoms with Gasteiger partial charge in [-0.1, -0.05) is 12.1 Å². The van der Waals surface area contributed by atoms with Gasteiger partial charge in [-0.2, -0.15) is 0 Å². The van der Waals surface area contributed by atoms with Gasteiger partial charge >= 0.3 is 0 Å². The van der Waals surface area contributed by atoms with Gasteiger partial charge in [0.15, 0.2) is 17.3 Å². The lowest BCUT2D eigenvalue weighted by molar-refractivity contribution is -0.116. The molecular weight excluding hydrogens is 393 g/mol. The lowest BCUT2D eigenvalue weighted by Gasteiger charge is -2.25. The first-order valence-corrected chi connectivity index (χ1v) is 9.31. The number of amides is 2. The minimum Gasteiger partial charge on any atom is -0.505 e. The summed E-state index contributed by atoms with van der Waals surface area (Å²) < 4.78 is 15.9. The maximum Gasteiger partial charge on any atom is 0.280 e. The zero-order chi connectivity index (χ0) is 21.7. The summed E-state index contributed by atoms with van der Waals surface area (Å²) >= 11 is 0. The molecule has 4 rings (SSSR count). The van der Waals surface area contributed by atoms with E-state index in [-0.39, 0.29) is 34.9 Å². The van der Waals surface area contributed by atoms with Crippen LogP contribution in [0, 0.1) is 5.82 Å². The van der Waals surface area contributed by atoms with Crippen LogP contribution in [-0.2, 0) is 17.9 Å². The molecule has 1 N–H and O–H groups in total. The van der Waals surface area contributed by atoms with Crippen molar-refractivity contribution < 1.29 is 19.1 Å². The molecule has 1 aliphatic heterocycles. The van der Waals surface area contributed by atoms with Gasteiger partial charge in [-0.3, -0.25) is 19.3 Å². The summed E-state index contributed by atoms with van der Waals surface area (Å²) in [5.74, 6) is -1.44. The molecule has 10 heteroatoms. The fourth-order valence-corrected chi connectivity index (χ4v) is 3.59. The predicted molar refractivity (Wildman–Crippen MR) is 107 cm³/mol. The molecule has 0 aliphatic carbocycles. The zero-order valence-electron chi connectivity index (χ0n) is 16.7. The van der Waals surface area contributed by atoms with Gasteiger partial charge in [-0.05, 0) is 17.7 Å². The Morgan fingerprint density at radius 3 is 2.53 bits per heavy atom. The molecule has 3 aromatic rings. The molecule has 0 bridgehead atoms. The van der Waals surface area contributed by atoms with E-state index >= 15 is 0 Å². The number of benzene rings is 1. The third-order valence-electron chi connectivity index (χ3n) is 5.36. The Kier molecular flexibility index (Phi) is 4.56. The molecule has 0 saturated carbocycles. The number of anilines is 1. The van der Waals surface area contributed by atoms with E-state index in [1.165, 1.54) is 48.0 Å². The number of fused-ring (bicyclic) bond motifs is 3. The number of likely N-dealkylation sites (N-methyl/N-ethyl adjacent to an activating group) is 1. The summed E-state index contributed by atoms with van der Waals surface area (Å²) in [6.07, 6.45) is 0. The van der Waals surface area contributed by atoms with Crippen LogP contribution >= 0.6 is 0 Å². The highest BCUT2D eigenvalue weighted by Crippen LogP contribution is 2.36. The van der Waals surface area contributed by atoms with Gasteiger partial charge in [0.2, 0.25) is 5.91 Å². The van der Waals surface area contributed by atoms with Gasteiger partial charge in [-0.25, -0.2) is 9.07 Å². The van der Waals surface area contributed by atoms with Gasteiger partial charge in [0.1, 0.15) is 16.7 Å². The van der Waals surface area contributed by atoms with Crippen LogP contribution in [0.1, 0.15) is 23.0 Å². The maximum absolute atomic E-state index is 13.2. The number of aromatic hydroxyl groups is 1. The van der Waals surface area contributed by atoms with Crippen LogP contribution in [0.25, 0.3) is 10.9 Å². The van der Waals surface area contributed by atoms with E-state index in [0.717, 1.165) is 4.68 Å². The zero-order valence-corrected chi connectivity index (χ0v) is 16.7. The molecule has 2 aromatic heterocycles. The van der Waals surface area contributed by atoms with E-state index in [9.17, 15) is 23.9 Å². The van der Waals surface area contributed by atoms with Crippen LogP contribution in [0.4, 0.5) is 10.2 Å². The summed E-state index contributed by atoms with van der Waals surface area (Å²) in [6.45, 7) is 2.08. The van der Waals surface area contributed by atoms with E-state index in [1.54, 1.807) is 11.6 Å². The second-order valence-electron chi connectivity index (χ2n) is 7.29. The van der Waals surface area contributed by atoms with Crippen molar-refractivity contribution >= 4 is 28.5 Å². The molecule has 0 radical (unpaired) electrons. The summed E-state index contributed by atoms with van der Waals surface area (Å²) in [7, 11) is 3.11. The molecule has 0 unspecified atom stereocenters. The van der Waals surface area contributed by atoms with Crippen LogP contribution in [0.2, 0.25) is 0 Å². The van der Waals surface area contributed by atoms with Crippen LogP contribution in [0.15, 0.2) is 29.1 Å². The number of hydrogen-bond acceptors (Lipinski definition) is 5. The molecule has 30 heavy (non-hydrogen) atoms. The first kappa shape index (κ1) is 19.6. The van der Waals surface area contributed by atoms with Crippen molar-refractivity contribution in [2.75, 3.05) is 25.5 Å². The van der Waals surface area contributed by atoms with Crippen molar-refractivity contribution in [2.45, 2.75) is 20.0 Å². The predicted octanol–water partition coefficient (Wildman–Crippen LogP) is 1.16. The highest BCUT2D eigenvalue weighted by Gasteiger charge is 2.33. The normalized spacial score (nSPS) is 13.6. The number of carbonyl (C=O) groups excluding carboxylic acids is 2. The topological polar surface area (TPSA) is 101 Å². The van der Waals surface area contributed by atoms with Gasteiger partial charge in [0.25, 0.3) is 11.5 Å². The van der Waals surface area contributed by atoms with E-state index < -0.39 is 23.0 Å². The quantitative estimate of drug-likeness (QED) is 0.695. The maximum atomic E-state index is 13.2. The van der Waals surface area contributed by atoms with Gasteiger partial charge < -0.3 is 14.6 Å². The largest absolute Gasteiger partial charge is 0.505 e. The molecule has 3 heterocycles. The minimum atomic E-state index is -0.607. The molecule has 0 spiro atoms. The standard InChI is InChI=1S/C20H20FN5O4/c1-11(27)24(3)18-15-14(17(28)16-20(30)23(2)8-9-25(15)16)19(29)26(22-18)10-12-4-6-13(21)7-5-12/h4-7,28H,8-10H2,1-3H3. The Morgan fingerprint density at radius 2 is 1.90 bits per heavy atom. The number of aromatic nitrogens is 3. The van der Waals surface area contributed by atoms with Gasteiger partial charge in [0.05, 0.1) is 6.54 Å².